The topological polar surface area (TPSA) is 8.17 Å². The van der Waals surface area contributed by atoms with E-state index in [0.717, 1.165) is 17.1 Å². The Kier molecular flexibility index (Phi) is 6.98. The van der Waals surface area contributed by atoms with Crippen LogP contribution in [0.1, 0.15) is 49.9 Å². The lowest BCUT2D eigenvalue weighted by Gasteiger charge is -2.32. The van der Waals surface area contributed by atoms with Gasteiger partial charge in [-0.1, -0.05) is 161 Å². The zero-order valence-electron chi connectivity index (χ0n) is 32.2. The minimum absolute atomic E-state index is 0.127. The lowest BCUT2D eigenvalue weighted by Crippen LogP contribution is -2.18. The Bertz CT molecular complexity index is 2980. The van der Waals surface area contributed by atoms with Gasteiger partial charge in [0.15, 0.2) is 0 Å². The van der Waals surface area contributed by atoms with Crippen LogP contribution in [0.5, 0.6) is 0 Å². The summed E-state index contributed by atoms with van der Waals surface area (Å²) in [4.78, 5) is 2.55. The summed E-state index contributed by atoms with van der Waals surface area (Å²) < 4.78 is 2.43. The Labute approximate surface area is 328 Å². The summed E-state index contributed by atoms with van der Waals surface area (Å²) in [7, 11) is 0. The molecule has 2 nitrogen and oxygen atoms in total. The third-order valence-electron chi connectivity index (χ3n) is 12.8. The van der Waals surface area contributed by atoms with Gasteiger partial charge >= 0.3 is 0 Å². The molecule has 0 atom stereocenters. The Balaban J connectivity index is 1.21. The van der Waals surface area contributed by atoms with Crippen LogP contribution in [0.3, 0.4) is 0 Å². The fourth-order valence-corrected chi connectivity index (χ4v) is 10.1. The Morgan fingerprint density at radius 1 is 0.393 bits per heavy atom. The molecule has 0 unspecified atom stereocenters. The summed E-state index contributed by atoms with van der Waals surface area (Å²) in [6, 6.07) is 67.6. The van der Waals surface area contributed by atoms with E-state index in [1.165, 1.54) is 83.1 Å². The van der Waals surface area contributed by atoms with Crippen molar-refractivity contribution in [3.05, 3.63) is 204 Å². The molecule has 11 rings (SSSR count). The van der Waals surface area contributed by atoms with Crippen LogP contribution in [0.25, 0.3) is 60.9 Å². The van der Waals surface area contributed by atoms with Crippen LogP contribution in [0.4, 0.5) is 17.1 Å². The molecule has 1 aromatic heterocycles. The normalized spacial score (nSPS) is 14.4. The third kappa shape index (κ3) is 4.56. The van der Waals surface area contributed by atoms with Crippen molar-refractivity contribution in [3.8, 4) is 39.1 Å². The molecule has 1 heterocycles. The molecule has 0 aliphatic heterocycles. The number of anilines is 3. The average Bonchev–Trinajstić information content (AvgIpc) is 3.79. The maximum Gasteiger partial charge on any atom is 0.0543 e. The highest BCUT2D eigenvalue weighted by Crippen LogP contribution is 2.56. The van der Waals surface area contributed by atoms with Crippen molar-refractivity contribution in [1.82, 2.24) is 4.57 Å². The van der Waals surface area contributed by atoms with Crippen LogP contribution in [0.15, 0.2) is 182 Å². The molecule has 8 aromatic carbocycles. The molecule has 2 heteroatoms. The molecule has 268 valence electrons. The second-order valence-electron chi connectivity index (χ2n) is 16.5. The number of hydrogen-bond donors (Lipinski definition) is 0. The number of para-hydroxylation sites is 2. The zero-order valence-corrected chi connectivity index (χ0v) is 32.2. The Morgan fingerprint density at radius 2 is 0.964 bits per heavy atom. The highest BCUT2D eigenvalue weighted by atomic mass is 15.1. The third-order valence-corrected chi connectivity index (χ3v) is 12.8. The van der Waals surface area contributed by atoms with Gasteiger partial charge in [0.05, 0.1) is 22.4 Å². The molecule has 0 saturated heterocycles. The average molecular weight is 719 g/mol. The fourth-order valence-electron chi connectivity index (χ4n) is 10.1. The van der Waals surface area contributed by atoms with Crippen LogP contribution >= 0.6 is 0 Å². The highest BCUT2D eigenvalue weighted by Gasteiger charge is 2.39. The van der Waals surface area contributed by atoms with E-state index in [4.69, 9.17) is 0 Å². The van der Waals surface area contributed by atoms with Gasteiger partial charge in [0.25, 0.3) is 0 Å². The highest BCUT2D eigenvalue weighted by molar-refractivity contribution is 6.09. The summed E-state index contributed by atoms with van der Waals surface area (Å²) in [5.74, 6) is 0. The maximum absolute atomic E-state index is 2.55. The van der Waals surface area contributed by atoms with Gasteiger partial charge in [-0.15, -0.1) is 0 Å². The number of rotatable bonds is 5. The van der Waals surface area contributed by atoms with E-state index >= 15 is 0 Å². The molecular formula is C54H42N2. The molecule has 0 amide bonds. The zero-order chi connectivity index (χ0) is 37.8. The molecule has 0 radical (unpaired) electrons. The number of aromatic nitrogens is 1. The smallest absolute Gasteiger partial charge is 0.0543 e. The number of nitrogens with zero attached hydrogens (tertiary/aromatic N) is 2. The molecule has 9 aromatic rings. The van der Waals surface area contributed by atoms with Crippen LogP contribution in [-0.2, 0) is 10.8 Å². The van der Waals surface area contributed by atoms with Crippen molar-refractivity contribution in [3.63, 3.8) is 0 Å². The maximum atomic E-state index is 2.55. The van der Waals surface area contributed by atoms with Crippen LogP contribution < -0.4 is 4.90 Å². The quantitative estimate of drug-likeness (QED) is 0.172. The van der Waals surface area contributed by atoms with Crippen LogP contribution in [0, 0.1) is 0 Å². The molecule has 2 aliphatic carbocycles. The van der Waals surface area contributed by atoms with Crippen molar-refractivity contribution in [2.75, 3.05) is 4.90 Å². The second kappa shape index (κ2) is 11.9. The van der Waals surface area contributed by atoms with E-state index in [2.05, 4.69) is 219 Å². The molecule has 0 bridgehead atoms. The van der Waals surface area contributed by atoms with Crippen molar-refractivity contribution >= 4 is 38.9 Å². The van der Waals surface area contributed by atoms with E-state index in [-0.39, 0.29) is 10.8 Å². The molecule has 0 fully saturated rings. The van der Waals surface area contributed by atoms with Gasteiger partial charge < -0.3 is 9.47 Å². The lowest BCUT2D eigenvalue weighted by molar-refractivity contribution is 0.660. The minimum atomic E-state index is -0.135. The van der Waals surface area contributed by atoms with Crippen LogP contribution in [-0.4, -0.2) is 4.57 Å². The van der Waals surface area contributed by atoms with Gasteiger partial charge in [0.1, 0.15) is 0 Å². The first-order chi connectivity index (χ1) is 27.3. The van der Waals surface area contributed by atoms with E-state index in [9.17, 15) is 0 Å². The second-order valence-corrected chi connectivity index (χ2v) is 16.5. The largest absolute Gasteiger partial charge is 0.309 e. The first kappa shape index (κ1) is 32.8. The molecule has 0 N–H and O–H groups in total. The number of fused-ring (bicyclic) bond motifs is 9. The fraction of sp³-hybridized carbons (Fsp3) is 0.111. The van der Waals surface area contributed by atoms with Gasteiger partial charge in [-0.2, -0.15) is 0 Å². The van der Waals surface area contributed by atoms with E-state index in [1.54, 1.807) is 0 Å². The predicted molar refractivity (Wildman–Crippen MR) is 236 cm³/mol. The molecule has 0 spiro atoms. The standard InChI is InChI=1S/C54H42N2/c1-53(2)45-24-13-9-22-42(45)52-46(53)25-16-28-51(52)56(37-29-31-39-38-19-8-12-23-44(38)54(3,4)47(39)34-37)50-32-30-36(33-43(50)35-17-6-5-7-18-35)55-48-26-14-10-20-40(48)41-21-11-15-27-49(41)55/h5-34H,1-4H3. The summed E-state index contributed by atoms with van der Waals surface area (Å²) in [6.45, 7) is 9.50. The Hall–Kier alpha value is -6.64. The molecular weight excluding hydrogens is 677 g/mol. The summed E-state index contributed by atoms with van der Waals surface area (Å²) in [5.41, 5.74) is 19.9. The van der Waals surface area contributed by atoms with Gasteiger partial charge in [0.2, 0.25) is 0 Å². The van der Waals surface area contributed by atoms with Crippen molar-refractivity contribution < 1.29 is 0 Å². The molecule has 2 aliphatic rings. The molecule has 0 saturated carbocycles. The van der Waals surface area contributed by atoms with Crippen molar-refractivity contribution in [2.24, 2.45) is 0 Å². The van der Waals surface area contributed by atoms with Crippen LogP contribution in [0.2, 0.25) is 0 Å². The summed E-state index contributed by atoms with van der Waals surface area (Å²) in [6.07, 6.45) is 0. The van der Waals surface area contributed by atoms with Gasteiger partial charge in [-0.3, -0.25) is 0 Å². The number of hydrogen-bond acceptors (Lipinski definition) is 1. The SMILES string of the molecule is CC1(C)c2ccccc2-c2ccc(N(c3ccc(-n4c5ccccc5c5ccccc54)cc3-c3ccccc3)c3cccc4c3-c3ccccc3C4(C)C)cc21. The Morgan fingerprint density at radius 3 is 1.70 bits per heavy atom. The summed E-state index contributed by atoms with van der Waals surface area (Å²) >= 11 is 0. The minimum Gasteiger partial charge on any atom is -0.309 e. The first-order valence-corrected chi connectivity index (χ1v) is 19.8. The number of benzene rings is 8. The van der Waals surface area contributed by atoms with Crippen molar-refractivity contribution in [1.29, 1.82) is 0 Å². The van der Waals surface area contributed by atoms with E-state index in [0.29, 0.717) is 0 Å². The summed E-state index contributed by atoms with van der Waals surface area (Å²) in [5, 5.41) is 2.52. The molecule has 56 heavy (non-hydrogen) atoms. The lowest BCUT2D eigenvalue weighted by atomic mass is 9.82. The van der Waals surface area contributed by atoms with Crippen molar-refractivity contribution in [2.45, 2.75) is 38.5 Å². The predicted octanol–water partition coefficient (Wildman–Crippen LogP) is 14.5. The van der Waals surface area contributed by atoms with Gasteiger partial charge in [0, 0.05) is 44.1 Å². The van der Waals surface area contributed by atoms with E-state index < -0.39 is 0 Å². The van der Waals surface area contributed by atoms with Gasteiger partial charge in [-0.25, -0.2) is 0 Å². The van der Waals surface area contributed by atoms with Gasteiger partial charge in [-0.05, 0) is 93.0 Å². The van der Waals surface area contributed by atoms with E-state index in [1.807, 2.05) is 0 Å². The monoisotopic (exact) mass is 718 g/mol. The first-order valence-electron chi connectivity index (χ1n) is 19.8.